The summed E-state index contributed by atoms with van der Waals surface area (Å²) in [6, 6.07) is 9.93. The molecule has 2 aliphatic rings. The van der Waals surface area contributed by atoms with Gasteiger partial charge in [0.2, 0.25) is 0 Å². The van der Waals surface area contributed by atoms with Gasteiger partial charge >= 0.3 is 0 Å². The predicted octanol–water partition coefficient (Wildman–Crippen LogP) is -0.0870. The first kappa shape index (κ1) is 20.9. The molecule has 7 nitrogen and oxygen atoms in total. The molecule has 156 valence electrons. The topological polar surface area (TPSA) is 73.4 Å². The first-order valence-corrected chi connectivity index (χ1v) is 10.9. The van der Waals surface area contributed by atoms with Gasteiger partial charge in [0.25, 0.3) is 5.91 Å². The van der Waals surface area contributed by atoms with Crippen LogP contribution in [0.4, 0.5) is 11.5 Å². The van der Waals surface area contributed by atoms with E-state index in [-0.39, 0.29) is 11.2 Å². The van der Waals surface area contributed by atoms with Gasteiger partial charge in [0.1, 0.15) is 27.2 Å². The smallest absolute Gasteiger partial charge is 0.274 e. The Bertz CT molecular complexity index is 860. The van der Waals surface area contributed by atoms with Crippen LogP contribution in [-0.4, -0.2) is 80.6 Å². The molecule has 0 aliphatic carbocycles. The number of rotatable bonds is 4. The molecule has 2 aliphatic heterocycles. The van der Waals surface area contributed by atoms with E-state index in [1.165, 1.54) is 12.8 Å². The van der Waals surface area contributed by atoms with Gasteiger partial charge in [0.15, 0.2) is 0 Å². The van der Waals surface area contributed by atoms with Gasteiger partial charge in [-0.05, 0) is 68.5 Å². The van der Waals surface area contributed by atoms with Crippen molar-refractivity contribution in [1.29, 1.82) is 0 Å². The maximum absolute atomic E-state index is 12.7. The predicted molar refractivity (Wildman–Crippen MR) is 126 cm³/mol. The molecule has 0 radical (unpaired) electrons. The Morgan fingerprint density at radius 1 is 1.10 bits per heavy atom. The third kappa shape index (κ3) is 4.84. The maximum Gasteiger partial charge on any atom is 0.274 e. The minimum absolute atomic E-state index is 0.0190. The van der Waals surface area contributed by atoms with E-state index in [1.54, 1.807) is 30.6 Å². The van der Waals surface area contributed by atoms with Crippen molar-refractivity contribution in [3.63, 3.8) is 0 Å². The Morgan fingerprint density at radius 3 is 2.63 bits per heavy atom. The summed E-state index contributed by atoms with van der Waals surface area (Å²) in [6.07, 6.45) is 6.85. The van der Waals surface area contributed by atoms with E-state index >= 15 is 0 Å². The normalized spacial score (nSPS) is 20.5. The van der Waals surface area contributed by atoms with Gasteiger partial charge in [-0.25, -0.2) is 4.98 Å². The van der Waals surface area contributed by atoms with Crippen molar-refractivity contribution in [2.75, 3.05) is 42.9 Å². The van der Waals surface area contributed by atoms with Crippen LogP contribution >= 0.6 is 0 Å². The van der Waals surface area contributed by atoms with Crippen LogP contribution in [0.3, 0.4) is 0 Å². The highest BCUT2D eigenvalue weighted by Crippen LogP contribution is 2.26. The van der Waals surface area contributed by atoms with Gasteiger partial charge in [-0.2, -0.15) is 0 Å². The van der Waals surface area contributed by atoms with E-state index in [0.29, 0.717) is 11.7 Å². The van der Waals surface area contributed by atoms with Crippen LogP contribution in [0.15, 0.2) is 42.7 Å². The molecule has 30 heavy (non-hydrogen) atoms. The second-order valence-electron chi connectivity index (χ2n) is 8.80. The third-order valence-electron chi connectivity index (χ3n) is 6.36. The van der Waals surface area contributed by atoms with E-state index in [4.69, 9.17) is 4.98 Å². The van der Waals surface area contributed by atoms with Crippen LogP contribution < -0.4 is 15.5 Å². The van der Waals surface area contributed by atoms with Gasteiger partial charge in [-0.1, -0.05) is 6.07 Å². The Morgan fingerprint density at radius 2 is 1.87 bits per heavy atom. The molecule has 2 saturated heterocycles. The number of nitrogens with zero attached hydrogens (tertiary/aromatic N) is 4. The van der Waals surface area contributed by atoms with E-state index in [1.807, 2.05) is 12.1 Å². The van der Waals surface area contributed by atoms with E-state index in [9.17, 15) is 4.79 Å². The van der Waals surface area contributed by atoms with Crippen molar-refractivity contribution < 1.29 is 4.79 Å². The summed E-state index contributed by atoms with van der Waals surface area (Å²) in [5, 5.41) is 6.34. The monoisotopic (exact) mass is 404 g/mol. The highest BCUT2D eigenvalue weighted by Gasteiger charge is 2.33. The van der Waals surface area contributed by atoms with E-state index in [2.05, 4.69) is 41.1 Å². The molecule has 0 unspecified atom stereocenters. The molecule has 0 saturated carbocycles. The summed E-state index contributed by atoms with van der Waals surface area (Å²) in [6.45, 7) is 5.29. The molecule has 0 aromatic carbocycles. The SMILES string of the molecule is BC1(B)CCN(C2CCNCC2)CCN1c1cccc(C(=O)Nc2ccncc2)n1. The van der Waals surface area contributed by atoms with E-state index in [0.717, 1.165) is 50.6 Å². The number of carbonyl (C=O) groups is 1. The fourth-order valence-corrected chi connectivity index (χ4v) is 4.49. The average Bonchev–Trinajstić information content (AvgIpc) is 2.93. The van der Waals surface area contributed by atoms with Gasteiger partial charge < -0.3 is 15.5 Å². The van der Waals surface area contributed by atoms with Gasteiger partial charge in [-0.3, -0.25) is 14.7 Å². The van der Waals surface area contributed by atoms with Crippen LogP contribution in [0.2, 0.25) is 0 Å². The number of hydrogen-bond donors (Lipinski definition) is 2. The number of carbonyl (C=O) groups excluding carboxylic acids is 1. The molecule has 9 heteroatoms. The van der Waals surface area contributed by atoms with Crippen molar-refractivity contribution in [3.05, 3.63) is 48.4 Å². The van der Waals surface area contributed by atoms with Crippen LogP contribution in [-0.2, 0) is 0 Å². The lowest BCUT2D eigenvalue weighted by molar-refractivity contribution is 0.102. The number of anilines is 2. The summed E-state index contributed by atoms with van der Waals surface area (Å²) in [4.78, 5) is 26.5. The van der Waals surface area contributed by atoms with Gasteiger partial charge in [-0.15, -0.1) is 0 Å². The fraction of sp³-hybridized carbons (Fsp3) is 0.476. The van der Waals surface area contributed by atoms with E-state index < -0.39 is 0 Å². The minimum atomic E-state index is -0.202. The van der Waals surface area contributed by atoms with Crippen molar-refractivity contribution in [3.8, 4) is 0 Å². The summed E-state index contributed by atoms with van der Waals surface area (Å²) >= 11 is 0. The number of aromatic nitrogens is 2. The Balaban J connectivity index is 1.49. The van der Waals surface area contributed by atoms with Gasteiger partial charge in [0.05, 0.1) is 0 Å². The number of nitrogens with one attached hydrogen (secondary N) is 2. The number of piperidine rings is 1. The summed E-state index contributed by atoms with van der Waals surface area (Å²) in [7, 11) is 4.56. The lowest BCUT2D eigenvalue weighted by Gasteiger charge is -2.38. The highest BCUT2D eigenvalue weighted by molar-refractivity contribution is 6.41. The average molecular weight is 404 g/mol. The Kier molecular flexibility index (Phi) is 6.39. The van der Waals surface area contributed by atoms with Crippen molar-refractivity contribution in [2.24, 2.45) is 0 Å². The van der Waals surface area contributed by atoms with Crippen LogP contribution in [0.25, 0.3) is 0 Å². The van der Waals surface area contributed by atoms with Crippen LogP contribution in [0.1, 0.15) is 29.8 Å². The molecular formula is C21H30B2N6O. The zero-order chi connectivity index (χ0) is 21.0. The zero-order valence-corrected chi connectivity index (χ0v) is 18.0. The fourth-order valence-electron chi connectivity index (χ4n) is 4.49. The molecule has 4 rings (SSSR count). The molecule has 0 atom stereocenters. The second kappa shape index (κ2) is 9.18. The molecule has 2 fully saturated rings. The largest absolute Gasteiger partial charge is 0.366 e. The molecule has 0 bridgehead atoms. The summed E-state index contributed by atoms with van der Waals surface area (Å²) in [5.41, 5.74) is 1.15. The quantitative estimate of drug-likeness (QED) is 0.695. The first-order chi connectivity index (χ1) is 14.5. The maximum atomic E-state index is 12.7. The zero-order valence-electron chi connectivity index (χ0n) is 18.0. The summed E-state index contributed by atoms with van der Waals surface area (Å²) < 4.78 is 0. The second-order valence-corrected chi connectivity index (χ2v) is 8.80. The Labute approximate surface area is 180 Å². The first-order valence-electron chi connectivity index (χ1n) is 10.9. The lowest BCUT2D eigenvalue weighted by Crippen LogP contribution is -2.51. The van der Waals surface area contributed by atoms with Crippen molar-refractivity contribution in [1.82, 2.24) is 20.2 Å². The molecule has 4 heterocycles. The minimum Gasteiger partial charge on any atom is -0.366 e. The van der Waals surface area contributed by atoms with Crippen molar-refractivity contribution >= 4 is 33.1 Å². The highest BCUT2D eigenvalue weighted by atomic mass is 16.1. The van der Waals surface area contributed by atoms with Crippen molar-refractivity contribution in [2.45, 2.75) is 30.6 Å². The van der Waals surface area contributed by atoms with Gasteiger partial charge in [0, 0.05) is 37.2 Å². The Hall–Kier alpha value is -2.38. The molecule has 1 amide bonds. The summed E-state index contributed by atoms with van der Waals surface area (Å²) in [5.74, 6) is 0.668. The number of amides is 1. The molecule has 2 aromatic heterocycles. The standard InChI is InChI=1S/C21H30B2N6O/c22-21(23)8-13-28(17-6-11-25-12-7-17)14-15-29(21)19-3-1-2-18(27-19)20(30)26-16-4-9-24-10-5-16/h1-5,9-10,17,25H,6-8,11-15,22-23H2,(H,24,26,30). The molecular weight excluding hydrogens is 374 g/mol. The molecule has 2 N–H and O–H groups in total. The lowest BCUT2D eigenvalue weighted by atomic mass is 9.59. The molecule has 2 aromatic rings. The van der Waals surface area contributed by atoms with Crippen LogP contribution in [0, 0.1) is 0 Å². The molecule has 0 spiro atoms. The number of pyridine rings is 2. The third-order valence-corrected chi connectivity index (χ3v) is 6.36. The number of hydrogen-bond acceptors (Lipinski definition) is 6. The van der Waals surface area contributed by atoms with Crippen LogP contribution in [0.5, 0.6) is 0 Å².